The van der Waals surface area contributed by atoms with Crippen molar-refractivity contribution in [1.29, 1.82) is 0 Å². The zero-order chi connectivity index (χ0) is 35.3. The molecule has 6 aromatic rings. The van der Waals surface area contributed by atoms with Gasteiger partial charge in [-0.25, -0.2) is 0 Å². The van der Waals surface area contributed by atoms with Gasteiger partial charge in [0.1, 0.15) is 0 Å². The van der Waals surface area contributed by atoms with Crippen molar-refractivity contribution in [2.75, 3.05) is 9.71 Å². The van der Waals surface area contributed by atoms with E-state index < -0.39 is 0 Å². The van der Waals surface area contributed by atoms with E-state index in [-0.39, 0.29) is 23.2 Å². The predicted octanol–water partition coefficient (Wildman–Crippen LogP) is 11.3. The number of aryl methyl sites for hydroxylation is 2. The first-order valence-electron chi connectivity index (χ1n) is 19.4. The predicted molar refractivity (Wildman–Crippen MR) is 221 cm³/mol. The summed E-state index contributed by atoms with van der Waals surface area (Å²) < 4.78 is 0. The standard InChI is InChI=1S/C49H45BN2/c1-30-16-7-9-18-33(30)32-26-37-36-28-40-35(34-19-10-11-20-38(34)47(40,3)4)29-43(36)52(42-23-12-8-17-31(42)2)50-41-22-15-21-39-46(41)51(44(27-32)45(37)50)49(6)25-14-13-24-48(39,49)5/h7-12,15-23,26-29H,13-14,24-25H2,1-6H3. The summed E-state index contributed by atoms with van der Waals surface area (Å²) >= 11 is 0. The number of hydrogen-bond acceptors (Lipinski definition) is 2. The lowest BCUT2D eigenvalue weighted by atomic mass is 9.43. The lowest BCUT2D eigenvalue weighted by molar-refractivity contribution is 0.195. The van der Waals surface area contributed by atoms with Crippen LogP contribution < -0.4 is 20.6 Å². The van der Waals surface area contributed by atoms with Crippen LogP contribution in [0.2, 0.25) is 0 Å². The third-order valence-corrected chi connectivity index (χ3v) is 14.5. The molecule has 2 nitrogen and oxygen atoms in total. The molecule has 3 aliphatic heterocycles. The van der Waals surface area contributed by atoms with E-state index in [1.807, 2.05) is 0 Å². The van der Waals surface area contributed by atoms with Crippen LogP contribution >= 0.6 is 0 Å². The molecule has 5 aliphatic rings. The SMILES string of the molecule is Cc1ccccc1-c1cc2c3c(c1)N1c4c(cccc4C4(C)CCCCC14C)B3N(c1ccccc1C)c1cc3c(cc1-2)C(C)(C)c1ccccc1-3. The molecule has 0 N–H and O–H groups in total. The molecule has 0 bridgehead atoms. The van der Waals surface area contributed by atoms with Crippen molar-refractivity contribution in [3.8, 4) is 33.4 Å². The number of anilines is 4. The summed E-state index contributed by atoms with van der Waals surface area (Å²) in [6.45, 7) is 14.6. The first kappa shape index (κ1) is 30.6. The molecule has 3 heterocycles. The topological polar surface area (TPSA) is 6.48 Å². The fourth-order valence-electron chi connectivity index (χ4n) is 11.6. The van der Waals surface area contributed by atoms with Crippen molar-refractivity contribution in [1.82, 2.24) is 0 Å². The van der Waals surface area contributed by atoms with Crippen molar-refractivity contribution in [2.24, 2.45) is 0 Å². The van der Waals surface area contributed by atoms with E-state index in [9.17, 15) is 0 Å². The summed E-state index contributed by atoms with van der Waals surface area (Å²) in [4.78, 5) is 5.60. The minimum Gasteiger partial charge on any atom is -0.376 e. The number of hydrogen-bond donors (Lipinski definition) is 0. The second-order valence-corrected chi connectivity index (χ2v) is 17.3. The van der Waals surface area contributed by atoms with E-state index in [0.29, 0.717) is 0 Å². The molecule has 2 unspecified atom stereocenters. The highest BCUT2D eigenvalue weighted by molar-refractivity contribution is 6.93. The van der Waals surface area contributed by atoms with Crippen LogP contribution in [0.15, 0.2) is 115 Å². The highest BCUT2D eigenvalue weighted by Gasteiger charge is 2.61. The van der Waals surface area contributed by atoms with Gasteiger partial charge in [0.25, 0.3) is 0 Å². The zero-order valence-corrected chi connectivity index (χ0v) is 31.3. The first-order valence-corrected chi connectivity index (χ1v) is 19.4. The quantitative estimate of drug-likeness (QED) is 0.169. The van der Waals surface area contributed by atoms with Gasteiger partial charge in [0, 0.05) is 39.1 Å². The van der Waals surface area contributed by atoms with Gasteiger partial charge in [0.05, 0.1) is 5.54 Å². The molecule has 6 aromatic carbocycles. The molecule has 2 aliphatic carbocycles. The van der Waals surface area contributed by atoms with Gasteiger partial charge in [0.15, 0.2) is 0 Å². The van der Waals surface area contributed by atoms with Crippen molar-refractivity contribution < 1.29 is 0 Å². The van der Waals surface area contributed by atoms with E-state index in [4.69, 9.17) is 0 Å². The Balaban J connectivity index is 1.31. The largest absolute Gasteiger partial charge is 0.376 e. The maximum atomic E-state index is 2.86. The van der Waals surface area contributed by atoms with Crippen molar-refractivity contribution in [3.63, 3.8) is 0 Å². The third-order valence-electron chi connectivity index (χ3n) is 14.5. The maximum Gasteiger partial charge on any atom is 0.333 e. The van der Waals surface area contributed by atoms with Gasteiger partial charge in [0.2, 0.25) is 0 Å². The van der Waals surface area contributed by atoms with Crippen LogP contribution in [0.25, 0.3) is 33.4 Å². The first-order chi connectivity index (χ1) is 25.1. The molecular weight excluding hydrogens is 627 g/mol. The van der Waals surface area contributed by atoms with Crippen LogP contribution in [-0.2, 0) is 10.8 Å². The summed E-state index contributed by atoms with van der Waals surface area (Å²) in [7, 11) is 0. The van der Waals surface area contributed by atoms with Crippen LogP contribution in [0.3, 0.4) is 0 Å². The Morgan fingerprint density at radius 1 is 0.538 bits per heavy atom. The summed E-state index contributed by atoms with van der Waals surface area (Å²) in [5.74, 6) is 0. The van der Waals surface area contributed by atoms with Crippen LogP contribution in [0.1, 0.15) is 81.2 Å². The molecule has 2 atom stereocenters. The Labute approximate surface area is 309 Å². The highest BCUT2D eigenvalue weighted by atomic mass is 15.3. The smallest absolute Gasteiger partial charge is 0.333 e. The lowest BCUT2D eigenvalue weighted by Gasteiger charge is -2.53. The lowest BCUT2D eigenvalue weighted by Crippen LogP contribution is -2.64. The number of nitrogens with zero attached hydrogens (tertiary/aromatic N) is 2. The summed E-state index contributed by atoms with van der Waals surface area (Å²) in [6, 6.07) is 44.7. The minimum atomic E-state index is -0.0904. The number of para-hydroxylation sites is 2. The molecule has 0 aromatic heterocycles. The molecule has 0 amide bonds. The summed E-state index contributed by atoms with van der Waals surface area (Å²) in [5.41, 5.74) is 23.5. The van der Waals surface area contributed by atoms with Crippen molar-refractivity contribution in [2.45, 2.75) is 83.6 Å². The van der Waals surface area contributed by atoms with Crippen LogP contribution in [-0.4, -0.2) is 12.4 Å². The Bertz CT molecular complexity index is 2540. The van der Waals surface area contributed by atoms with Gasteiger partial charge in [-0.05, 0) is 131 Å². The van der Waals surface area contributed by atoms with Gasteiger partial charge < -0.3 is 9.71 Å². The Morgan fingerprint density at radius 3 is 2.06 bits per heavy atom. The molecule has 254 valence electrons. The van der Waals surface area contributed by atoms with Gasteiger partial charge in [-0.2, -0.15) is 0 Å². The second kappa shape index (κ2) is 10.1. The molecule has 0 spiro atoms. The van der Waals surface area contributed by atoms with E-state index in [2.05, 4.69) is 167 Å². The van der Waals surface area contributed by atoms with E-state index >= 15 is 0 Å². The number of benzene rings is 6. The fraction of sp³-hybridized carbons (Fsp3) is 0.265. The third kappa shape index (κ3) is 3.58. The Kier molecular flexibility index (Phi) is 5.94. The van der Waals surface area contributed by atoms with Gasteiger partial charge in [-0.1, -0.05) is 119 Å². The second-order valence-electron chi connectivity index (χ2n) is 17.3. The van der Waals surface area contributed by atoms with E-state index in [1.165, 1.54) is 115 Å². The normalized spacial score (nSPS) is 22.3. The molecular formula is C49H45BN2. The summed E-state index contributed by atoms with van der Waals surface area (Å²) in [5, 5.41) is 0. The monoisotopic (exact) mass is 672 g/mol. The molecule has 1 fully saturated rings. The van der Waals surface area contributed by atoms with Crippen LogP contribution in [0.5, 0.6) is 0 Å². The minimum absolute atomic E-state index is 0.0118. The zero-order valence-electron chi connectivity index (χ0n) is 31.3. The molecule has 52 heavy (non-hydrogen) atoms. The number of fused-ring (bicyclic) bond motifs is 10. The van der Waals surface area contributed by atoms with Crippen molar-refractivity contribution in [3.05, 3.63) is 143 Å². The van der Waals surface area contributed by atoms with Gasteiger partial charge in [-0.15, -0.1) is 0 Å². The molecule has 1 saturated carbocycles. The van der Waals surface area contributed by atoms with E-state index in [1.54, 1.807) is 5.56 Å². The number of rotatable bonds is 2. The van der Waals surface area contributed by atoms with Crippen molar-refractivity contribution >= 4 is 40.5 Å². The molecule has 11 rings (SSSR count). The molecule has 3 heteroatoms. The van der Waals surface area contributed by atoms with Crippen LogP contribution in [0, 0.1) is 13.8 Å². The summed E-state index contributed by atoms with van der Waals surface area (Å²) in [6.07, 6.45) is 4.99. The van der Waals surface area contributed by atoms with Gasteiger partial charge >= 0.3 is 6.85 Å². The van der Waals surface area contributed by atoms with E-state index in [0.717, 1.165) is 0 Å². The Morgan fingerprint density at radius 2 is 1.25 bits per heavy atom. The fourth-order valence-corrected chi connectivity index (χ4v) is 11.6. The van der Waals surface area contributed by atoms with Gasteiger partial charge in [-0.3, -0.25) is 0 Å². The maximum absolute atomic E-state index is 2.86. The molecule has 0 radical (unpaired) electrons. The highest BCUT2D eigenvalue weighted by Crippen LogP contribution is 2.63. The molecule has 0 saturated heterocycles. The van der Waals surface area contributed by atoms with Crippen LogP contribution in [0.4, 0.5) is 22.7 Å². The Hall–Kier alpha value is -5.02. The average Bonchev–Trinajstić information content (AvgIpc) is 3.51. The average molecular weight is 673 g/mol.